The fourth-order valence-electron chi connectivity index (χ4n) is 3.38. The Kier molecular flexibility index (Phi) is 9.07. The monoisotopic (exact) mass is 585 g/mol. The van der Waals surface area contributed by atoms with Crippen molar-refractivity contribution in [3.63, 3.8) is 0 Å². The highest BCUT2D eigenvalue weighted by molar-refractivity contribution is 7.80. The molecule has 3 rings (SSSR count). The average molecular weight is 586 g/mol. The second-order valence-corrected chi connectivity index (χ2v) is 10.6. The lowest BCUT2D eigenvalue weighted by Crippen LogP contribution is -2.76. The molecule has 2 heterocycles. The number of carbonyl (C=O) groups excluding carboxylic acids is 2. The van der Waals surface area contributed by atoms with E-state index in [1.54, 1.807) is 24.3 Å². The van der Waals surface area contributed by atoms with Gasteiger partial charge in [-0.3, -0.25) is 19.6 Å². The quantitative estimate of drug-likeness (QED) is 0.0566. The molecule has 2 atom stereocenters. The summed E-state index contributed by atoms with van der Waals surface area (Å²) in [6, 6.07) is 5.14. The number of carbonyl (C=O) groups is 2. The third kappa shape index (κ3) is 7.39. The van der Waals surface area contributed by atoms with Gasteiger partial charge in [-0.1, -0.05) is 5.16 Å². The number of benzene rings is 1. The van der Waals surface area contributed by atoms with Gasteiger partial charge in [-0.25, -0.2) is 4.98 Å². The number of amides is 2. The van der Waals surface area contributed by atoms with E-state index in [0.29, 0.717) is 16.4 Å². The summed E-state index contributed by atoms with van der Waals surface area (Å²) in [5.74, 6) is -1.51. The summed E-state index contributed by atoms with van der Waals surface area (Å²) in [5, 5.41) is 25.2. The summed E-state index contributed by atoms with van der Waals surface area (Å²) in [5.41, 5.74) is 9.96. The van der Waals surface area contributed by atoms with Crippen LogP contribution in [-0.4, -0.2) is 82.4 Å². The van der Waals surface area contributed by atoms with Crippen molar-refractivity contribution in [2.75, 3.05) is 18.9 Å². The normalized spacial score (nSPS) is 17.7. The van der Waals surface area contributed by atoms with Gasteiger partial charge in [0.1, 0.15) is 29.9 Å². The number of anilines is 1. The smallest absolute Gasteiger partial charge is 0.418 e. The zero-order valence-corrected chi connectivity index (χ0v) is 22.4. The van der Waals surface area contributed by atoms with E-state index < -0.39 is 39.9 Å². The van der Waals surface area contributed by atoms with Crippen LogP contribution in [0.4, 0.5) is 5.13 Å². The lowest BCUT2D eigenvalue weighted by molar-refractivity contribution is -0.218. The SMILES string of the molecule is CC1(C)[C@H](NC(=O)/C(=N\O[C@H](CCO)COc2ccc(C(=N)N)cc2)c2csc(N)n2)C(=O)N1OS(=O)(=O)O. The van der Waals surface area contributed by atoms with Crippen LogP contribution >= 0.6 is 11.3 Å². The van der Waals surface area contributed by atoms with E-state index in [-0.39, 0.29) is 42.0 Å². The van der Waals surface area contributed by atoms with Gasteiger partial charge in [0.05, 0.1) is 5.54 Å². The van der Waals surface area contributed by atoms with Crippen molar-refractivity contribution in [2.24, 2.45) is 10.9 Å². The van der Waals surface area contributed by atoms with Gasteiger partial charge in [0.15, 0.2) is 16.9 Å². The predicted octanol–water partition coefficient (Wildman–Crippen LogP) is -0.600. The summed E-state index contributed by atoms with van der Waals surface area (Å²) < 4.78 is 40.9. The number of hydrogen-bond donors (Lipinski definition) is 6. The molecule has 2 amide bonds. The zero-order valence-electron chi connectivity index (χ0n) is 20.7. The maximum atomic E-state index is 13.1. The number of ether oxygens (including phenoxy) is 1. The molecule has 0 saturated carbocycles. The molecule has 0 aliphatic carbocycles. The largest absolute Gasteiger partial charge is 0.490 e. The minimum absolute atomic E-state index is 0.0362. The number of nitrogens with one attached hydrogen (secondary N) is 2. The molecule has 1 saturated heterocycles. The van der Waals surface area contributed by atoms with E-state index in [2.05, 4.69) is 19.7 Å². The fraction of sp³-hybridized carbons (Fsp3) is 0.381. The second-order valence-electron chi connectivity index (χ2n) is 8.69. The van der Waals surface area contributed by atoms with Crippen LogP contribution < -0.4 is 21.5 Å². The van der Waals surface area contributed by atoms with Crippen LogP contribution in [0.25, 0.3) is 0 Å². The number of thiazole rings is 1. The van der Waals surface area contributed by atoms with E-state index >= 15 is 0 Å². The van der Waals surface area contributed by atoms with Gasteiger partial charge in [-0.15, -0.1) is 15.6 Å². The van der Waals surface area contributed by atoms with Crippen LogP contribution in [0.1, 0.15) is 31.5 Å². The number of aromatic nitrogens is 1. The highest BCUT2D eigenvalue weighted by Crippen LogP contribution is 2.33. The molecule has 16 nitrogen and oxygen atoms in total. The zero-order chi connectivity index (χ0) is 29.0. The van der Waals surface area contributed by atoms with E-state index in [0.717, 1.165) is 11.3 Å². The maximum Gasteiger partial charge on any atom is 0.418 e. The third-order valence-corrected chi connectivity index (χ3v) is 6.46. The molecule has 1 aromatic carbocycles. The Morgan fingerprint density at radius 1 is 1.36 bits per heavy atom. The second kappa shape index (κ2) is 11.9. The number of nitrogens with two attached hydrogens (primary N) is 2. The lowest BCUT2D eigenvalue weighted by atomic mass is 9.84. The van der Waals surface area contributed by atoms with Crippen LogP contribution in [0.5, 0.6) is 5.75 Å². The molecule has 0 radical (unpaired) electrons. The van der Waals surface area contributed by atoms with Crippen molar-refractivity contribution < 1.29 is 41.5 Å². The van der Waals surface area contributed by atoms with E-state index in [9.17, 15) is 23.1 Å². The van der Waals surface area contributed by atoms with E-state index in [1.165, 1.54) is 19.2 Å². The molecule has 8 N–H and O–H groups in total. The predicted molar refractivity (Wildman–Crippen MR) is 138 cm³/mol. The number of β-lactam (4-membered cyclic amide) rings is 1. The Balaban J connectivity index is 1.75. The molecule has 18 heteroatoms. The van der Waals surface area contributed by atoms with Gasteiger partial charge < -0.3 is 31.5 Å². The van der Waals surface area contributed by atoms with Crippen LogP contribution in [-0.2, 0) is 29.1 Å². The summed E-state index contributed by atoms with van der Waals surface area (Å²) >= 11 is 1.02. The Morgan fingerprint density at radius 3 is 2.54 bits per heavy atom. The number of rotatable bonds is 13. The summed E-state index contributed by atoms with van der Waals surface area (Å²) in [6.07, 6.45) is -0.735. The number of aliphatic hydroxyl groups is 1. The van der Waals surface area contributed by atoms with E-state index in [1.807, 2.05) is 0 Å². The number of hydroxylamine groups is 2. The van der Waals surface area contributed by atoms with Crippen LogP contribution in [0.15, 0.2) is 34.8 Å². The van der Waals surface area contributed by atoms with Gasteiger partial charge in [-0.05, 0) is 38.1 Å². The highest BCUT2D eigenvalue weighted by Gasteiger charge is 2.58. The maximum absolute atomic E-state index is 13.1. The van der Waals surface area contributed by atoms with Gasteiger partial charge in [0, 0.05) is 24.0 Å². The first-order valence-corrected chi connectivity index (χ1v) is 13.4. The van der Waals surface area contributed by atoms with Crippen molar-refractivity contribution >= 4 is 50.2 Å². The molecule has 212 valence electrons. The standard InChI is InChI=1S/C21H27N7O9S2/c1-21(2)16(19(31)28(21)37-39(32,33)34)26-18(30)15(14-10-38-20(24)25-14)27-36-13(7-8-29)9-35-12-5-3-11(4-6-12)17(22)23/h3-6,10,13,16,29H,7-9H2,1-2H3,(H3,22,23)(H2,24,25)(H,26,30)(H,32,33,34)/b27-15-/t13-,16-/m1/s1. The molecule has 1 aromatic heterocycles. The molecule has 0 unspecified atom stereocenters. The number of amidine groups is 1. The van der Waals surface area contributed by atoms with Crippen LogP contribution in [0.2, 0.25) is 0 Å². The van der Waals surface area contributed by atoms with Gasteiger partial charge in [-0.2, -0.15) is 13.5 Å². The molecule has 0 bridgehead atoms. The molecular weight excluding hydrogens is 558 g/mol. The highest BCUT2D eigenvalue weighted by atomic mass is 32.3. The van der Waals surface area contributed by atoms with Crippen LogP contribution in [0, 0.1) is 5.41 Å². The molecule has 1 aliphatic heterocycles. The van der Waals surface area contributed by atoms with Gasteiger partial charge in [0.2, 0.25) is 0 Å². The molecule has 1 aliphatic rings. The topological polar surface area (TPSA) is 253 Å². The molecule has 1 fully saturated rings. The summed E-state index contributed by atoms with van der Waals surface area (Å²) in [4.78, 5) is 35.1. The average Bonchev–Trinajstić information content (AvgIpc) is 3.29. The van der Waals surface area contributed by atoms with Crippen molar-refractivity contribution in [1.82, 2.24) is 15.4 Å². The lowest BCUT2D eigenvalue weighted by Gasteiger charge is -2.50. The van der Waals surface area contributed by atoms with Crippen molar-refractivity contribution in [3.8, 4) is 5.75 Å². The minimum atomic E-state index is -4.97. The van der Waals surface area contributed by atoms with Crippen molar-refractivity contribution in [1.29, 1.82) is 5.41 Å². The van der Waals surface area contributed by atoms with Gasteiger partial charge >= 0.3 is 10.4 Å². The first-order chi connectivity index (χ1) is 18.2. The number of aliphatic hydroxyl groups excluding tert-OH is 1. The minimum Gasteiger partial charge on any atom is -0.490 e. The van der Waals surface area contributed by atoms with Gasteiger partial charge in [0.25, 0.3) is 11.8 Å². The Hall–Kier alpha value is -3.84. The number of nitrogen functional groups attached to an aromatic ring is 2. The van der Waals surface area contributed by atoms with E-state index in [4.69, 9.17) is 31.0 Å². The van der Waals surface area contributed by atoms with Crippen molar-refractivity contribution in [3.05, 3.63) is 40.9 Å². The molecular formula is C21H27N7O9S2. The Labute approximate surface area is 226 Å². The first kappa shape index (κ1) is 29.7. The summed E-state index contributed by atoms with van der Waals surface area (Å²) in [6.45, 7) is 2.44. The number of oxime groups is 1. The molecule has 0 spiro atoms. The Bertz CT molecular complexity index is 1360. The summed E-state index contributed by atoms with van der Waals surface area (Å²) in [7, 11) is -4.97. The first-order valence-electron chi connectivity index (χ1n) is 11.2. The number of nitrogens with zero attached hydrogens (tertiary/aromatic N) is 3. The molecule has 2 aromatic rings. The Morgan fingerprint density at radius 2 is 2.03 bits per heavy atom. The van der Waals surface area contributed by atoms with Crippen LogP contribution in [0.3, 0.4) is 0 Å². The van der Waals surface area contributed by atoms with Crippen molar-refractivity contribution in [2.45, 2.75) is 38.0 Å². The number of hydrogen-bond acceptors (Lipinski definition) is 13. The fourth-order valence-corrected chi connectivity index (χ4v) is 4.38. The third-order valence-electron chi connectivity index (χ3n) is 5.45. The molecule has 39 heavy (non-hydrogen) atoms.